The maximum atomic E-state index is 3.72. The summed E-state index contributed by atoms with van der Waals surface area (Å²) in [5.74, 6) is 0. The van der Waals surface area contributed by atoms with Crippen molar-refractivity contribution in [2.24, 2.45) is 0 Å². The Kier molecular flexibility index (Phi) is 4.86. The van der Waals surface area contributed by atoms with Gasteiger partial charge in [-0.05, 0) is 55.9 Å². The monoisotopic (exact) mass is 330 g/mol. The first-order chi connectivity index (χ1) is 8.53. The molecule has 0 radical (unpaired) electrons. The lowest BCUT2D eigenvalue weighted by atomic mass is 9.95. The van der Waals surface area contributed by atoms with Crippen LogP contribution in [0.1, 0.15) is 43.5 Å². The molecule has 0 saturated heterocycles. The molecule has 1 heterocycles. The summed E-state index contributed by atoms with van der Waals surface area (Å²) in [6.07, 6.45) is 5.40. The van der Waals surface area contributed by atoms with Gasteiger partial charge in [0.25, 0.3) is 0 Å². The van der Waals surface area contributed by atoms with E-state index in [0.717, 1.165) is 6.54 Å². The predicted octanol–water partition coefficient (Wildman–Crippen LogP) is 4.04. The maximum Gasteiger partial charge on any atom is 0.0387 e. The summed E-state index contributed by atoms with van der Waals surface area (Å²) in [7, 11) is 4.44. The Morgan fingerprint density at radius 1 is 1.44 bits per heavy atom. The van der Waals surface area contributed by atoms with Crippen LogP contribution in [0.2, 0.25) is 0 Å². The SMILES string of the molecule is CC(NCC1(N(C)C)CCCC1)c1cc(Br)cs1. The van der Waals surface area contributed by atoms with E-state index in [0.29, 0.717) is 11.6 Å². The molecule has 4 heteroatoms. The topological polar surface area (TPSA) is 15.3 Å². The molecule has 0 amide bonds. The van der Waals surface area contributed by atoms with Crippen molar-refractivity contribution < 1.29 is 0 Å². The quantitative estimate of drug-likeness (QED) is 0.876. The molecular formula is C14H23BrN2S. The fourth-order valence-corrected chi connectivity index (χ4v) is 4.29. The van der Waals surface area contributed by atoms with Crippen molar-refractivity contribution in [2.45, 2.75) is 44.2 Å². The van der Waals surface area contributed by atoms with Gasteiger partial charge in [0.05, 0.1) is 0 Å². The third kappa shape index (κ3) is 3.16. The zero-order valence-electron chi connectivity index (χ0n) is 11.5. The molecular weight excluding hydrogens is 308 g/mol. The van der Waals surface area contributed by atoms with Crippen molar-refractivity contribution in [3.05, 3.63) is 20.8 Å². The molecule has 102 valence electrons. The summed E-state index contributed by atoms with van der Waals surface area (Å²) in [5, 5.41) is 5.88. The van der Waals surface area contributed by atoms with Gasteiger partial charge in [-0.3, -0.25) is 0 Å². The minimum absolute atomic E-state index is 0.378. The summed E-state index contributed by atoms with van der Waals surface area (Å²) >= 11 is 5.35. The van der Waals surface area contributed by atoms with Crippen LogP contribution < -0.4 is 5.32 Å². The van der Waals surface area contributed by atoms with Gasteiger partial charge in [-0.1, -0.05) is 12.8 Å². The lowest BCUT2D eigenvalue weighted by molar-refractivity contribution is 0.150. The average Bonchev–Trinajstić information content (AvgIpc) is 2.95. The number of nitrogens with one attached hydrogen (secondary N) is 1. The van der Waals surface area contributed by atoms with Crippen LogP contribution in [0.5, 0.6) is 0 Å². The van der Waals surface area contributed by atoms with Gasteiger partial charge in [0.15, 0.2) is 0 Å². The predicted molar refractivity (Wildman–Crippen MR) is 83.3 cm³/mol. The molecule has 0 spiro atoms. The van der Waals surface area contributed by atoms with Crippen LogP contribution in [-0.2, 0) is 0 Å². The Bertz CT molecular complexity index is 383. The van der Waals surface area contributed by atoms with Crippen molar-refractivity contribution in [3.8, 4) is 0 Å². The second-order valence-electron chi connectivity index (χ2n) is 5.60. The molecule has 2 rings (SSSR count). The number of rotatable bonds is 5. The van der Waals surface area contributed by atoms with E-state index < -0.39 is 0 Å². The molecule has 0 aromatic carbocycles. The van der Waals surface area contributed by atoms with E-state index in [1.54, 1.807) is 0 Å². The zero-order chi connectivity index (χ0) is 13.2. The standard InChI is InChI=1S/C14H23BrN2S/c1-11(13-8-12(15)9-18-13)16-10-14(17(2)3)6-4-5-7-14/h8-9,11,16H,4-7,10H2,1-3H3. The van der Waals surface area contributed by atoms with Gasteiger partial charge in [0.1, 0.15) is 0 Å². The first-order valence-electron chi connectivity index (χ1n) is 6.68. The molecule has 0 aliphatic heterocycles. The van der Waals surface area contributed by atoms with Crippen molar-refractivity contribution in [2.75, 3.05) is 20.6 Å². The number of thiophene rings is 1. The van der Waals surface area contributed by atoms with Crippen molar-refractivity contribution in [3.63, 3.8) is 0 Å². The van der Waals surface area contributed by atoms with Gasteiger partial charge < -0.3 is 10.2 Å². The molecule has 1 aliphatic rings. The third-order valence-electron chi connectivity index (χ3n) is 4.23. The van der Waals surface area contributed by atoms with Gasteiger partial charge in [0, 0.05) is 32.9 Å². The van der Waals surface area contributed by atoms with E-state index in [2.05, 4.69) is 58.6 Å². The van der Waals surface area contributed by atoms with Gasteiger partial charge in [-0.25, -0.2) is 0 Å². The highest BCUT2D eigenvalue weighted by Gasteiger charge is 2.35. The highest BCUT2D eigenvalue weighted by atomic mass is 79.9. The molecule has 1 unspecified atom stereocenters. The Morgan fingerprint density at radius 2 is 2.11 bits per heavy atom. The Morgan fingerprint density at radius 3 is 2.61 bits per heavy atom. The Hall–Kier alpha value is 0.1000. The van der Waals surface area contributed by atoms with Gasteiger partial charge in [-0.2, -0.15) is 0 Å². The smallest absolute Gasteiger partial charge is 0.0387 e. The van der Waals surface area contributed by atoms with Crippen LogP contribution in [0.25, 0.3) is 0 Å². The van der Waals surface area contributed by atoms with Crippen LogP contribution in [-0.4, -0.2) is 31.1 Å². The fraction of sp³-hybridized carbons (Fsp3) is 0.714. The summed E-state index contributed by atoms with van der Waals surface area (Å²) in [4.78, 5) is 3.83. The van der Waals surface area contributed by atoms with Crippen molar-refractivity contribution in [1.82, 2.24) is 10.2 Å². The van der Waals surface area contributed by atoms with Crippen LogP contribution in [0.4, 0.5) is 0 Å². The first kappa shape index (κ1) is 14.5. The number of halogens is 1. The van der Waals surface area contributed by atoms with E-state index in [4.69, 9.17) is 0 Å². The van der Waals surface area contributed by atoms with Gasteiger partial charge in [0.2, 0.25) is 0 Å². The molecule has 1 atom stereocenters. The molecule has 2 nitrogen and oxygen atoms in total. The molecule has 1 aromatic heterocycles. The van der Waals surface area contributed by atoms with E-state index >= 15 is 0 Å². The summed E-state index contributed by atoms with van der Waals surface area (Å²) < 4.78 is 1.19. The van der Waals surface area contributed by atoms with Crippen LogP contribution in [0.3, 0.4) is 0 Å². The molecule has 18 heavy (non-hydrogen) atoms. The number of nitrogens with zero attached hydrogens (tertiary/aromatic N) is 1. The molecule has 1 saturated carbocycles. The average molecular weight is 331 g/mol. The summed E-state index contributed by atoms with van der Waals surface area (Å²) in [6.45, 7) is 3.35. The lowest BCUT2D eigenvalue weighted by Gasteiger charge is -2.37. The van der Waals surface area contributed by atoms with Crippen molar-refractivity contribution in [1.29, 1.82) is 0 Å². The Balaban J connectivity index is 1.94. The van der Waals surface area contributed by atoms with Gasteiger partial charge in [-0.15, -0.1) is 11.3 Å². The normalized spacial score (nSPS) is 20.5. The molecule has 1 fully saturated rings. The fourth-order valence-electron chi connectivity index (χ4n) is 2.81. The van der Waals surface area contributed by atoms with Crippen LogP contribution in [0.15, 0.2) is 15.9 Å². The molecule has 1 N–H and O–H groups in total. The Labute approximate surface area is 123 Å². The van der Waals surface area contributed by atoms with E-state index in [9.17, 15) is 0 Å². The third-order valence-corrected chi connectivity index (χ3v) is 6.11. The number of hydrogen-bond acceptors (Lipinski definition) is 3. The minimum Gasteiger partial charge on any atom is -0.308 e. The number of likely N-dealkylation sites (N-methyl/N-ethyl adjacent to an activating group) is 1. The second kappa shape index (κ2) is 6.04. The minimum atomic E-state index is 0.378. The van der Waals surface area contributed by atoms with E-state index in [1.165, 1.54) is 35.0 Å². The van der Waals surface area contributed by atoms with Gasteiger partial charge >= 0.3 is 0 Å². The highest BCUT2D eigenvalue weighted by Crippen LogP contribution is 2.34. The largest absolute Gasteiger partial charge is 0.308 e. The second-order valence-corrected chi connectivity index (χ2v) is 7.45. The van der Waals surface area contributed by atoms with E-state index in [1.807, 2.05) is 11.3 Å². The van der Waals surface area contributed by atoms with E-state index in [-0.39, 0.29) is 0 Å². The summed E-state index contributed by atoms with van der Waals surface area (Å²) in [5.41, 5.74) is 0.378. The first-order valence-corrected chi connectivity index (χ1v) is 8.35. The maximum absolute atomic E-state index is 3.72. The lowest BCUT2D eigenvalue weighted by Crippen LogP contribution is -2.49. The van der Waals surface area contributed by atoms with Crippen LogP contribution in [0, 0.1) is 0 Å². The van der Waals surface area contributed by atoms with Crippen molar-refractivity contribution >= 4 is 27.3 Å². The molecule has 0 bridgehead atoms. The summed E-state index contributed by atoms with van der Waals surface area (Å²) in [6, 6.07) is 2.66. The highest BCUT2D eigenvalue weighted by molar-refractivity contribution is 9.10. The molecule has 1 aromatic rings. The number of hydrogen-bond donors (Lipinski definition) is 1. The molecule has 1 aliphatic carbocycles. The van der Waals surface area contributed by atoms with Crippen LogP contribution >= 0.6 is 27.3 Å². The zero-order valence-corrected chi connectivity index (χ0v) is 13.9.